The largest absolute Gasteiger partial charge is 0.494 e. The molecule has 2 aromatic carbocycles. The lowest BCUT2D eigenvalue weighted by atomic mass is 10.2. The Kier molecular flexibility index (Phi) is 6.81. The second kappa shape index (κ2) is 9.10. The normalized spacial score (nSPS) is 10.3. The molecule has 0 unspecified atom stereocenters. The van der Waals surface area contributed by atoms with Crippen molar-refractivity contribution in [3.63, 3.8) is 0 Å². The van der Waals surface area contributed by atoms with E-state index >= 15 is 0 Å². The van der Waals surface area contributed by atoms with Gasteiger partial charge in [0.25, 0.3) is 0 Å². The summed E-state index contributed by atoms with van der Waals surface area (Å²) >= 11 is 1.44. The van der Waals surface area contributed by atoms with E-state index in [0.29, 0.717) is 6.54 Å². The van der Waals surface area contributed by atoms with Gasteiger partial charge in [0.2, 0.25) is 5.91 Å². The van der Waals surface area contributed by atoms with Crippen LogP contribution in [0.5, 0.6) is 5.75 Å². The van der Waals surface area contributed by atoms with Gasteiger partial charge in [-0.3, -0.25) is 4.79 Å². The summed E-state index contributed by atoms with van der Waals surface area (Å²) in [5.74, 6) is 0.854. The number of nitrogens with two attached hydrogens (primary N) is 1. The first kappa shape index (κ1) is 17.2. The monoisotopic (exact) mass is 330 g/mol. The molecule has 0 spiro atoms. The molecule has 0 saturated carbocycles. The van der Waals surface area contributed by atoms with Gasteiger partial charge < -0.3 is 15.8 Å². The maximum absolute atomic E-state index is 11.0. The predicted octanol–water partition coefficient (Wildman–Crippen LogP) is 3.66. The number of rotatable bonds is 9. The fourth-order valence-electron chi connectivity index (χ4n) is 2.05. The number of para-hydroxylation sites is 1. The van der Waals surface area contributed by atoms with Crippen LogP contribution in [0.25, 0.3) is 0 Å². The zero-order chi connectivity index (χ0) is 16.5. The molecule has 122 valence electrons. The smallest absolute Gasteiger partial charge is 0.227 e. The highest BCUT2D eigenvalue weighted by molar-refractivity contribution is 8.00. The number of thioether (sulfide) groups is 1. The van der Waals surface area contributed by atoms with Crippen molar-refractivity contribution in [2.75, 3.05) is 17.7 Å². The van der Waals surface area contributed by atoms with Gasteiger partial charge in [-0.2, -0.15) is 0 Å². The molecule has 0 aliphatic rings. The molecule has 2 rings (SSSR count). The fourth-order valence-corrected chi connectivity index (χ4v) is 2.82. The first-order valence-electron chi connectivity index (χ1n) is 7.64. The molecule has 2 aromatic rings. The van der Waals surface area contributed by atoms with E-state index in [4.69, 9.17) is 10.5 Å². The summed E-state index contributed by atoms with van der Waals surface area (Å²) in [5.41, 5.74) is 7.36. The molecule has 5 heteroatoms. The standard InChI is InChI=1S/C18H22N2O2S/c1-2-10-22-15-7-5-6-14(11-15)12-20-16-8-3-4-9-17(16)23-13-18(19)21/h3-9,11,20H,2,10,12-13H2,1H3,(H2,19,21). The molecule has 0 aromatic heterocycles. The molecule has 0 atom stereocenters. The lowest BCUT2D eigenvalue weighted by Gasteiger charge is -2.12. The molecule has 0 aliphatic carbocycles. The fraction of sp³-hybridized carbons (Fsp3) is 0.278. The van der Waals surface area contributed by atoms with E-state index in [1.54, 1.807) is 0 Å². The Bertz CT molecular complexity index is 646. The average molecular weight is 330 g/mol. The van der Waals surface area contributed by atoms with Gasteiger partial charge in [0, 0.05) is 17.1 Å². The summed E-state index contributed by atoms with van der Waals surface area (Å²) in [5, 5.41) is 3.41. The van der Waals surface area contributed by atoms with Crippen LogP contribution in [0.3, 0.4) is 0 Å². The van der Waals surface area contributed by atoms with Crippen molar-refractivity contribution in [1.29, 1.82) is 0 Å². The van der Waals surface area contributed by atoms with Crippen LogP contribution in [0.1, 0.15) is 18.9 Å². The van der Waals surface area contributed by atoms with E-state index in [2.05, 4.69) is 18.3 Å². The molecular weight excluding hydrogens is 308 g/mol. The third kappa shape index (κ3) is 5.87. The number of primary amides is 1. The van der Waals surface area contributed by atoms with Crippen LogP contribution in [0.2, 0.25) is 0 Å². The molecule has 1 amide bonds. The van der Waals surface area contributed by atoms with E-state index in [1.165, 1.54) is 11.8 Å². The van der Waals surface area contributed by atoms with Crippen LogP contribution in [0.15, 0.2) is 53.4 Å². The first-order valence-corrected chi connectivity index (χ1v) is 8.63. The minimum atomic E-state index is -0.314. The van der Waals surface area contributed by atoms with Crippen LogP contribution in [-0.4, -0.2) is 18.3 Å². The van der Waals surface area contributed by atoms with Gasteiger partial charge >= 0.3 is 0 Å². The number of benzene rings is 2. The molecule has 4 nitrogen and oxygen atoms in total. The third-order valence-corrected chi connectivity index (χ3v) is 4.21. The molecule has 0 bridgehead atoms. The van der Waals surface area contributed by atoms with E-state index < -0.39 is 0 Å². The van der Waals surface area contributed by atoms with Crippen LogP contribution in [0.4, 0.5) is 5.69 Å². The minimum absolute atomic E-state index is 0.277. The SMILES string of the molecule is CCCOc1cccc(CNc2ccccc2SCC(N)=O)c1. The zero-order valence-corrected chi connectivity index (χ0v) is 14.1. The third-order valence-electron chi connectivity index (χ3n) is 3.11. The van der Waals surface area contributed by atoms with Gasteiger partial charge in [0.05, 0.1) is 12.4 Å². The Morgan fingerprint density at radius 2 is 2.04 bits per heavy atom. The summed E-state index contributed by atoms with van der Waals surface area (Å²) in [6.07, 6.45) is 0.993. The maximum Gasteiger partial charge on any atom is 0.227 e. The van der Waals surface area contributed by atoms with Crippen molar-refractivity contribution in [3.05, 3.63) is 54.1 Å². The molecule has 23 heavy (non-hydrogen) atoms. The summed E-state index contributed by atoms with van der Waals surface area (Å²) in [6, 6.07) is 16.0. The van der Waals surface area contributed by atoms with Gasteiger partial charge in [-0.25, -0.2) is 0 Å². The number of hydrogen-bond donors (Lipinski definition) is 2. The topological polar surface area (TPSA) is 64.3 Å². The first-order chi connectivity index (χ1) is 11.2. The second-order valence-electron chi connectivity index (χ2n) is 5.10. The predicted molar refractivity (Wildman–Crippen MR) is 95.9 cm³/mol. The van der Waals surface area contributed by atoms with Gasteiger partial charge in [-0.1, -0.05) is 31.2 Å². The highest BCUT2D eigenvalue weighted by Gasteiger charge is 2.05. The molecule has 0 heterocycles. The molecular formula is C18H22N2O2S. The van der Waals surface area contributed by atoms with E-state index in [-0.39, 0.29) is 11.7 Å². The Morgan fingerprint density at radius 1 is 1.22 bits per heavy atom. The maximum atomic E-state index is 11.0. The quantitative estimate of drug-likeness (QED) is 0.689. The minimum Gasteiger partial charge on any atom is -0.494 e. The van der Waals surface area contributed by atoms with E-state index in [1.807, 2.05) is 42.5 Å². The number of carbonyl (C=O) groups is 1. The highest BCUT2D eigenvalue weighted by Crippen LogP contribution is 2.27. The van der Waals surface area contributed by atoms with Crippen LogP contribution >= 0.6 is 11.8 Å². The Hall–Kier alpha value is -2.14. The lowest BCUT2D eigenvalue weighted by molar-refractivity contribution is -0.115. The Balaban J connectivity index is 1.99. The highest BCUT2D eigenvalue weighted by atomic mass is 32.2. The number of amides is 1. The molecule has 0 fully saturated rings. The molecule has 3 N–H and O–H groups in total. The van der Waals surface area contributed by atoms with Crippen LogP contribution in [-0.2, 0) is 11.3 Å². The summed E-state index contributed by atoms with van der Waals surface area (Å²) in [7, 11) is 0. The van der Waals surface area contributed by atoms with Crippen LogP contribution < -0.4 is 15.8 Å². The van der Waals surface area contributed by atoms with Gasteiger partial charge in [-0.15, -0.1) is 11.8 Å². The summed E-state index contributed by atoms with van der Waals surface area (Å²) in [4.78, 5) is 12.0. The zero-order valence-electron chi connectivity index (χ0n) is 13.2. The lowest BCUT2D eigenvalue weighted by Crippen LogP contribution is -2.13. The number of ether oxygens (including phenoxy) is 1. The summed E-state index contributed by atoms with van der Waals surface area (Å²) < 4.78 is 5.65. The van der Waals surface area contributed by atoms with Gasteiger partial charge in [-0.05, 0) is 36.2 Å². The number of anilines is 1. The number of hydrogen-bond acceptors (Lipinski definition) is 4. The van der Waals surface area contributed by atoms with Crippen molar-refractivity contribution in [2.45, 2.75) is 24.8 Å². The van der Waals surface area contributed by atoms with Gasteiger partial charge in [0.1, 0.15) is 5.75 Å². The molecule has 0 radical (unpaired) electrons. The van der Waals surface area contributed by atoms with Gasteiger partial charge in [0.15, 0.2) is 0 Å². The summed E-state index contributed by atoms with van der Waals surface area (Å²) in [6.45, 7) is 3.51. The van der Waals surface area contributed by atoms with E-state index in [9.17, 15) is 4.79 Å². The van der Waals surface area contributed by atoms with Crippen molar-refractivity contribution in [2.24, 2.45) is 5.73 Å². The van der Waals surface area contributed by atoms with E-state index in [0.717, 1.165) is 34.9 Å². The Labute approximate surface area is 141 Å². The Morgan fingerprint density at radius 3 is 2.83 bits per heavy atom. The van der Waals surface area contributed by atoms with Crippen molar-refractivity contribution < 1.29 is 9.53 Å². The van der Waals surface area contributed by atoms with Crippen molar-refractivity contribution >= 4 is 23.4 Å². The molecule has 0 saturated heterocycles. The van der Waals surface area contributed by atoms with Crippen LogP contribution in [0, 0.1) is 0 Å². The number of carbonyl (C=O) groups excluding carboxylic acids is 1. The van der Waals surface area contributed by atoms with Crippen molar-refractivity contribution in [1.82, 2.24) is 0 Å². The average Bonchev–Trinajstić information content (AvgIpc) is 2.57. The van der Waals surface area contributed by atoms with Crippen molar-refractivity contribution in [3.8, 4) is 5.75 Å². The molecule has 0 aliphatic heterocycles. The number of nitrogens with one attached hydrogen (secondary N) is 1. The second-order valence-corrected chi connectivity index (χ2v) is 6.12.